The minimum Gasteiger partial charge on any atom is -0.0622 e. The molecule has 0 unspecified atom stereocenters. The Bertz CT molecular complexity index is 840. The fourth-order valence-corrected chi connectivity index (χ4v) is 3.88. The summed E-state index contributed by atoms with van der Waals surface area (Å²) in [5.41, 5.74) is 5.08. The Morgan fingerprint density at radius 1 is 0.393 bits per heavy atom. The van der Waals surface area contributed by atoms with Gasteiger partial charge in [-0.1, -0.05) is 121 Å². The van der Waals surface area contributed by atoms with E-state index in [1.165, 1.54) is 22.3 Å². The van der Waals surface area contributed by atoms with E-state index in [0.717, 1.165) is 6.42 Å². The molecule has 4 rings (SSSR count). The largest absolute Gasteiger partial charge is 1.00 e. The SMILES string of the molecule is [Li+].[Li+].c1ccc(CC(c2ccccc2)(c2ccccc2)c2ccccc2)cc1. The van der Waals surface area contributed by atoms with Crippen molar-refractivity contribution >= 4 is 0 Å². The van der Waals surface area contributed by atoms with Crippen LogP contribution in [0.4, 0.5) is 0 Å². The molecule has 0 radical (unpaired) electrons. The van der Waals surface area contributed by atoms with Gasteiger partial charge in [-0.3, -0.25) is 0 Å². The summed E-state index contributed by atoms with van der Waals surface area (Å²) in [4.78, 5) is 0. The summed E-state index contributed by atoms with van der Waals surface area (Å²) in [7, 11) is 0. The van der Waals surface area contributed by atoms with E-state index in [0.29, 0.717) is 0 Å². The molecular weight excluding hydrogens is 326 g/mol. The first-order valence-corrected chi connectivity index (χ1v) is 9.10. The van der Waals surface area contributed by atoms with Crippen LogP contribution in [0.5, 0.6) is 0 Å². The smallest absolute Gasteiger partial charge is 0.0622 e. The van der Waals surface area contributed by atoms with Crippen molar-refractivity contribution in [2.75, 3.05) is 0 Å². The fraction of sp³-hybridized carbons (Fsp3) is 0.0769. The Labute approximate surface area is 192 Å². The molecule has 0 amide bonds. The summed E-state index contributed by atoms with van der Waals surface area (Å²) < 4.78 is 0. The maximum Gasteiger partial charge on any atom is 1.00 e. The second kappa shape index (κ2) is 10.6. The van der Waals surface area contributed by atoms with Gasteiger partial charge >= 0.3 is 37.7 Å². The van der Waals surface area contributed by atoms with Crippen LogP contribution in [0.3, 0.4) is 0 Å². The molecule has 0 aliphatic heterocycles. The molecule has 126 valence electrons. The van der Waals surface area contributed by atoms with E-state index in [-0.39, 0.29) is 43.1 Å². The third-order valence-corrected chi connectivity index (χ3v) is 5.11. The zero-order valence-electron chi connectivity index (χ0n) is 16.8. The van der Waals surface area contributed by atoms with Crippen molar-refractivity contribution in [2.24, 2.45) is 0 Å². The van der Waals surface area contributed by atoms with Crippen LogP contribution in [0.15, 0.2) is 121 Å². The van der Waals surface area contributed by atoms with Crippen molar-refractivity contribution in [1.82, 2.24) is 0 Å². The monoisotopic (exact) mass is 348 g/mol. The number of rotatable bonds is 5. The van der Waals surface area contributed by atoms with Crippen molar-refractivity contribution in [3.8, 4) is 0 Å². The molecule has 0 saturated heterocycles. The summed E-state index contributed by atoms with van der Waals surface area (Å²) in [6, 6.07) is 43.4. The summed E-state index contributed by atoms with van der Waals surface area (Å²) in [6.07, 6.45) is 0.922. The van der Waals surface area contributed by atoms with Crippen molar-refractivity contribution in [2.45, 2.75) is 11.8 Å². The molecule has 2 heteroatoms. The van der Waals surface area contributed by atoms with Gasteiger partial charge in [-0.05, 0) is 28.7 Å². The zero-order valence-corrected chi connectivity index (χ0v) is 16.8. The van der Waals surface area contributed by atoms with Crippen LogP contribution in [0, 0.1) is 0 Å². The Balaban J connectivity index is 0.00000140. The molecule has 0 heterocycles. The minimum atomic E-state index is -0.217. The second-order valence-corrected chi connectivity index (χ2v) is 6.67. The molecule has 0 nitrogen and oxygen atoms in total. The van der Waals surface area contributed by atoms with Crippen molar-refractivity contribution < 1.29 is 37.7 Å². The van der Waals surface area contributed by atoms with Gasteiger partial charge in [-0.2, -0.15) is 0 Å². The quantitative estimate of drug-likeness (QED) is 0.359. The maximum atomic E-state index is 2.25. The van der Waals surface area contributed by atoms with E-state index in [1.54, 1.807) is 0 Å². The second-order valence-electron chi connectivity index (χ2n) is 6.67. The number of hydrogen-bond donors (Lipinski definition) is 0. The molecule has 4 aromatic rings. The van der Waals surface area contributed by atoms with Gasteiger partial charge in [0.15, 0.2) is 0 Å². The average molecular weight is 348 g/mol. The van der Waals surface area contributed by atoms with E-state index in [9.17, 15) is 0 Å². The van der Waals surface area contributed by atoms with E-state index in [4.69, 9.17) is 0 Å². The van der Waals surface area contributed by atoms with Gasteiger partial charge in [-0.25, -0.2) is 0 Å². The number of benzene rings is 4. The minimum absolute atomic E-state index is 0. The van der Waals surface area contributed by atoms with Crippen LogP contribution >= 0.6 is 0 Å². The van der Waals surface area contributed by atoms with E-state index < -0.39 is 0 Å². The molecule has 0 fully saturated rings. The van der Waals surface area contributed by atoms with Gasteiger partial charge in [0.2, 0.25) is 0 Å². The molecule has 0 N–H and O–H groups in total. The molecular formula is C26H22Li2+2. The van der Waals surface area contributed by atoms with E-state index in [1.807, 2.05) is 0 Å². The van der Waals surface area contributed by atoms with Gasteiger partial charge in [0, 0.05) is 5.41 Å². The number of hydrogen-bond acceptors (Lipinski definition) is 0. The summed E-state index contributed by atoms with van der Waals surface area (Å²) in [6.45, 7) is 0. The first kappa shape index (κ1) is 22.4. The van der Waals surface area contributed by atoms with Crippen molar-refractivity contribution in [3.05, 3.63) is 144 Å². The Morgan fingerprint density at radius 3 is 1.00 bits per heavy atom. The van der Waals surface area contributed by atoms with Gasteiger partial charge < -0.3 is 0 Å². The molecule has 0 spiro atoms. The molecule has 0 saturated carbocycles. The first-order valence-electron chi connectivity index (χ1n) is 9.10. The normalized spacial score (nSPS) is 10.4. The fourth-order valence-electron chi connectivity index (χ4n) is 3.88. The summed E-state index contributed by atoms with van der Waals surface area (Å²) in [5.74, 6) is 0. The Kier molecular flexibility index (Phi) is 8.45. The Hall–Kier alpha value is -1.93. The van der Waals surface area contributed by atoms with Crippen molar-refractivity contribution in [3.63, 3.8) is 0 Å². The molecule has 0 aliphatic carbocycles. The maximum absolute atomic E-state index is 2.25. The van der Waals surface area contributed by atoms with E-state index >= 15 is 0 Å². The molecule has 0 aliphatic rings. The van der Waals surface area contributed by atoms with Crippen LogP contribution in [0.1, 0.15) is 22.3 Å². The average Bonchev–Trinajstić information content (AvgIpc) is 2.75. The molecule has 0 bridgehead atoms. The van der Waals surface area contributed by atoms with Gasteiger partial charge in [-0.15, -0.1) is 0 Å². The molecule has 0 aromatic heterocycles. The van der Waals surface area contributed by atoms with Gasteiger partial charge in [0.25, 0.3) is 0 Å². The van der Waals surface area contributed by atoms with Crippen LogP contribution in [-0.2, 0) is 11.8 Å². The summed E-state index contributed by atoms with van der Waals surface area (Å²) >= 11 is 0. The topological polar surface area (TPSA) is 0 Å². The van der Waals surface area contributed by atoms with Gasteiger partial charge in [0.05, 0.1) is 0 Å². The predicted molar refractivity (Wildman–Crippen MR) is 109 cm³/mol. The van der Waals surface area contributed by atoms with Crippen molar-refractivity contribution in [1.29, 1.82) is 0 Å². The van der Waals surface area contributed by atoms with Gasteiger partial charge in [0.1, 0.15) is 0 Å². The Morgan fingerprint density at radius 2 is 0.679 bits per heavy atom. The summed E-state index contributed by atoms with van der Waals surface area (Å²) in [5, 5.41) is 0. The van der Waals surface area contributed by atoms with Crippen LogP contribution in [0.2, 0.25) is 0 Å². The van der Waals surface area contributed by atoms with Crippen LogP contribution < -0.4 is 37.7 Å². The van der Waals surface area contributed by atoms with E-state index in [2.05, 4.69) is 121 Å². The molecule has 28 heavy (non-hydrogen) atoms. The standard InChI is InChI=1S/C26H22.2Li/c1-5-13-22(14-6-1)21-26(23-15-7-2-8-16-23,24-17-9-3-10-18-24)25-19-11-4-12-20-25;;/h1-20H,21H2;;/q;2*+1. The first-order chi connectivity index (χ1) is 12.9. The predicted octanol–water partition coefficient (Wildman–Crippen LogP) is 0.272. The zero-order chi connectivity index (χ0) is 17.7. The third kappa shape index (κ3) is 4.55. The van der Waals surface area contributed by atoms with Crippen LogP contribution in [0.25, 0.3) is 0 Å². The third-order valence-electron chi connectivity index (χ3n) is 5.11. The van der Waals surface area contributed by atoms with Crippen LogP contribution in [-0.4, -0.2) is 0 Å². The molecule has 0 atom stereocenters. The molecule has 4 aromatic carbocycles.